The quantitative estimate of drug-likeness (QED) is 0.801. The minimum absolute atomic E-state index is 0.356. The Labute approximate surface area is 122 Å². The smallest absolute Gasteiger partial charge is 0.132 e. The van der Waals surface area contributed by atoms with E-state index in [1.54, 1.807) is 0 Å². The fourth-order valence-corrected chi connectivity index (χ4v) is 2.48. The van der Waals surface area contributed by atoms with E-state index < -0.39 is 0 Å². The molecule has 0 aromatic carbocycles. The summed E-state index contributed by atoms with van der Waals surface area (Å²) in [4.78, 5) is 11.4. The fourth-order valence-electron chi connectivity index (χ4n) is 2.48. The van der Waals surface area contributed by atoms with Crippen LogP contribution in [0.3, 0.4) is 0 Å². The van der Waals surface area contributed by atoms with Gasteiger partial charge < -0.3 is 9.64 Å². The highest BCUT2D eigenvalue weighted by atomic mass is 16.5. The highest BCUT2D eigenvalue weighted by molar-refractivity contribution is 5.41. The van der Waals surface area contributed by atoms with E-state index in [9.17, 15) is 0 Å². The molecular formula is C16H27N3O. The van der Waals surface area contributed by atoms with Crippen molar-refractivity contribution in [2.24, 2.45) is 5.92 Å². The second-order valence-corrected chi connectivity index (χ2v) is 6.05. The van der Waals surface area contributed by atoms with E-state index in [0.717, 1.165) is 56.3 Å². The molecular weight excluding hydrogens is 250 g/mol. The number of hydrogen-bond donors (Lipinski definition) is 0. The molecule has 1 fully saturated rings. The predicted molar refractivity (Wildman–Crippen MR) is 82.2 cm³/mol. The van der Waals surface area contributed by atoms with Crippen LogP contribution in [0, 0.1) is 12.8 Å². The highest BCUT2D eigenvalue weighted by Gasteiger charge is 2.24. The lowest BCUT2D eigenvalue weighted by Gasteiger charge is -2.19. The first kappa shape index (κ1) is 15.2. The first-order chi connectivity index (χ1) is 9.58. The maximum Gasteiger partial charge on any atom is 0.132 e. The molecule has 1 saturated heterocycles. The molecule has 2 heterocycles. The van der Waals surface area contributed by atoms with Crippen molar-refractivity contribution in [3.63, 3.8) is 0 Å². The number of rotatable bonds is 6. The topological polar surface area (TPSA) is 38.2 Å². The van der Waals surface area contributed by atoms with E-state index in [2.05, 4.69) is 41.7 Å². The Morgan fingerprint density at radius 2 is 2.20 bits per heavy atom. The van der Waals surface area contributed by atoms with E-state index in [4.69, 9.17) is 4.74 Å². The molecule has 2 rings (SSSR count). The lowest BCUT2D eigenvalue weighted by Crippen LogP contribution is -2.24. The predicted octanol–water partition coefficient (Wildman–Crippen LogP) is 2.99. The van der Waals surface area contributed by atoms with Crippen LogP contribution in [0.25, 0.3) is 0 Å². The van der Waals surface area contributed by atoms with Crippen molar-refractivity contribution in [1.29, 1.82) is 0 Å². The second kappa shape index (κ2) is 7.02. The molecule has 4 nitrogen and oxygen atoms in total. The number of aryl methyl sites for hydroxylation is 2. The summed E-state index contributed by atoms with van der Waals surface area (Å²) in [6, 6.07) is 2.08. The molecule has 20 heavy (non-hydrogen) atoms. The van der Waals surface area contributed by atoms with Gasteiger partial charge in [0.15, 0.2) is 0 Å². The largest absolute Gasteiger partial charge is 0.376 e. The minimum Gasteiger partial charge on any atom is -0.376 e. The average Bonchev–Trinajstić information content (AvgIpc) is 2.86. The van der Waals surface area contributed by atoms with E-state index in [0.29, 0.717) is 12.0 Å². The van der Waals surface area contributed by atoms with Gasteiger partial charge in [0.25, 0.3) is 0 Å². The van der Waals surface area contributed by atoms with Crippen molar-refractivity contribution in [3.05, 3.63) is 17.6 Å². The zero-order valence-electron chi connectivity index (χ0n) is 13.2. The third kappa shape index (κ3) is 4.17. The van der Waals surface area contributed by atoms with Crippen LogP contribution in [-0.2, 0) is 11.2 Å². The van der Waals surface area contributed by atoms with E-state index >= 15 is 0 Å². The summed E-state index contributed by atoms with van der Waals surface area (Å²) in [6.07, 6.45) is 3.48. The molecule has 0 aliphatic carbocycles. The number of anilines is 1. The van der Waals surface area contributed by atoms with Gasteiger partial charge in [-0.05, 0) is 25.7 Å². The molecule has 1 aliphatic rings. The van der Waals surface area contributed by atoms with E-state index in [-0.39, 0.29) is 0 Å². The Bertz CT molecular complexity index is 434. The summed E-state index contributed by atoms with van der Waals surface area (Å²) in [5.74, 6) is 2.71. The summed E-state index contributed by atoms with van der Waals surface area (Å²) in [5, 5.41) is 0. The zero-order valence-corrected chi connectivity index (χ0v) is 13.2. The van der Waals surface area contributed by atoms with Gasteiger partial charge in [-0.15, -0.1) is 0 Å². The van der Waals surface area contributed by atoms with Gasteiger partial charge in [0, 0.05) is 37.9 Å². The van der Waals surface area contributed by atoms with Crippen LogP contribution in [-0.4, -0.2) is 35.8 Å². The van der Waals surface area contributed by atoms with Crippen molar-refractivity contribution in [1.82, 2.24) is 9.97 Å². The molecule has 1 aliphatic heterocycles. The van der Waals surface area contributed by atoms with Gasteiger partial charge in [-0.2, -0.15) is 0 Å². The molecule has 1 atom stereocenters. The number of aromatic nitrogens is 2. The minimum atomic E-state index is 0.356. The van der Waals surface area contributed by atoms with Crippen LogP contribution in [0.4, 0.5) is 5.82 Å². The summed E-state index contributed by atoms with van der Waals surface area (Å²) in [7, 11) is 0. The van der Waals surface area contributed by atoms with Crippen LogP contribution in [0.15, 0.2) is 6.07 Å². The standard InChI is InChI=1S/C16H27N3O/c1-5-15-17-13(4)10-16(18-15)19-8-6-14(11-19)20-9-7-12(2)3/h10,12,14H,5-9,11H2,1-4H3. The van der Waals surface area contributed by atoms with E-state index in [1.165, 1.54) is 0 Å². The molecule has 112 valence electrons. The lowest BCUT2D eigenvalue weighted by molar-refractivity contribution is 0.0609. The molecule has 0 amide bonds. The number of nitrogens with zero attached hydrogens (tertiary/aromatic N) is 3. The molecule has 1 aromatic heterocycles. The monoisotopic (exact) mass is 277 g/mol. The maximum atomic E-state index is 5.97. The number of hydrogen-bond acceptors (Lipinski definition) is 4. The first-order valence-corrected chi connectivity index (χ1v) is 7.79. The Kier molecular flexibility index (Phi) is 5.35. The molecule has 0 N–H and O–H groups in total. The van der Waals surface area contributed by atoms with Crippen molar-refractivity contribution in [3.8, 4) is 0 Å². The van der Waals surface area contributed by atoms with Crippen molar-refractivity contribution < 1.29 is 4.74 Å². The molecule has 4 heteroatoms. The molecule has 0 bridgehead atoms. The molecule has 0 spiro atoms. The van der Waals surface area contributed by atoms with Crippen molar-refractivity contribution in [2.45, 2.75) is 53.1 Å². The Morgan fingerprint density at radius 1 is 1.40 bits per heavy atom. The van der Waals surface area contributed by atoms with Gasteiger partial charge in [0.1, 0.15) is 11.6 Å². The highest BCUT2D eigenvalue weighted by Crippen LogP contribution is 2.21. The average molecular weight is 277 g/mol. The SMILES string of the molecule is CCc1nc(C)cc(N2CCC(OCCC(C)C)C2)n1. The normalized spacial score (nSPS) is 19.1. The van der Waals surface area contributed by atoms with Crippen molar-refractivity contribution >= 4 is 5.82 Å². The summed E-state index contributed by atoms with van der Waals surface area (Å²) >= 11 is 0. The summed E-state index contributed by atoms with van der Waals surface area (Å²) in [5.41, 5.74) is 1.05. The fraction of sp³-hybridized carbons (Fsp3) is 0.750. The van der Waals surface area contributed by atoms with Crippen LogP contribution in [0.5, 0.6) is 0 Å². The van der Waals surface area contributed by atoms with Crippen molar-refractivity contribution in [2.75, 3.05) is 24.6 Å². The number of ether oxygens (including phenoxy) is 1. The van der Waals surface area contributed by atoms with Crippen LogP contribution in [0.2, 0.25) is 0 Å². The third-order valence-electron chi connectivity index (χ3n) is 3.72. The molecule has 1 unspecified atom stereocenters. The van der Waals surface area contributed by atoms with Gasteiger partial charge >= 0.3 is 0 Å². The van der Waals surface area contributed by atoms with Gasteiger partial charge in [0.05, 0.1) is 6.10 Å². The third-order valence-corrected chi connectivity index (χ3v) is 3.72. The van der Waals surface area contributed by atoms with Crippen LogP contribution < -0.4 is 4.90 Å². The van der Waals surface area contributed by atoms with Crippen LogP contribution >= 0.6 is 0 Å². The van der Waals surface area contributed by atoms with Crippen LogP contribution in [0.1, 0.15) is 45.1 Å². The lowest BCUT2D eigenvalue weighted by atomic mass is 10.1. The molecule has 0 radical (unpaired) electrons. The first-order valence-electron chi connectivity index (χ1n) is 7.79. The summed E-state index contributed by atoms with van der Waals surface area (Å²) in [6.45, 7) is 11.5. The van der Waals surface area contributed by atoms with Gasteiger partial charge in [0.2, 0.25) is 0 Å². The van der Waals surface area contributed by atoms with Gasteiger partial charge in [-0.3, -0.25) is 0 Å². The van der Waals surface area contributed by atoms with E-state index in [1.807, 2.05) is 6.92 Å². The maximum absolute atomic E-state index is 5.97. The second-order valence-electron chi connectivity index (χ2n) is 6.05. The van der Waals surface area contributed by atoms with Gasteiger partial charge in [-0.1, -0.05) is 20.8 Å². The summed E-state index contributed by atoms with van der Waals surface area (Å²) < 4.78 is 5.97. The molecule has 0 saturated carbocycles. The zero-order chi connectivity index (χ0) is 14.5. The molecule has 1 aromatic rings. The Balaban J connectivity index is 1.90. The Morgan fingerprint density at radius 3 is 2.90 bits per heavy atom. The van der Waals surface area contributed by atoms with Gasteiger partial charge in [-0.25, -0.2) is 9.97 Å². The Hall–Kier alpha value is -1.16.